The van der Waals surface area contributed by atoms with Gasteiger partial charge in [0, 0.05) is 25.0 Å². The monoisotopic (exact) mass is 364 g/mol. The van der Waals surface area contributed by atoms with Gasteiger partial charge in [-0.15, -0.1) is 0 Å². The first-order valence-electron chi connectivity index (χ1n) is 9.25. The third-order valence-electron chi connectivity index (χ3n) is 5.31. The predicted octanol–water partition coefficient (Wildman–Crippen LogP) is 2.16. The van der Waals surface area contributed by atoms with Gasteiger partial charge in [-0.3, -0.25) is 4.79 Å². The molecule has 1 fully saturated rings. The second kappa shape index (κ2) is 7.94. The number of hydrogen-bond donors (Lipinski definition) is 3. The number of ether oxygens (including phenoxy) is 2. The van der Waals surface area contributed by atoms with Crippen LogP contribution in [0.4, 0.5) is 0 Å². The number of carbonyl (C=O) groups excluding carboxylic acids is 1. The second-order valence-corrected chi connectivity index (χ2v) is 7.81. The van der Waals surface area contributed by atoms with Crippen LogP contribution in [-0.4, -0.2) is 41.9 Å². The summed E-state index contributed by atoms with van der Waals surface area (Å²) in [5.74, 6) is 0.435. The SMILES string of the molecule is CCOC1CC(N)(C(=O)NCC(O)c2cccc(OC(C)C)c2)C1(C)C. The Kier molecular flexibility index (Phi) is 6.32. The predicted molar refractivity (Wildman–Crippen MR) is 101 cm³/mol. The van der Waals surface area contributed by atoms with Crippen LogP contribution in [0.3, 0.4) is 0 Å². The molecule has 1 amide bonds. The molecule has 6 nitrogen and oxygen atoms in total. The van der Waals surface area contributed by atoms with Crippen molar-refractivity contribution in [2.45, 2.75) is 64.9 Å². The van der Waals surface area contributed by atoms with Gasteiger partial charge in [-0.2, -0.15) is 0 Å². The molecule has 2 rings (SSSR count). The molecule has 146 valence electrons. The summed E-state index contributed by atoms with van der Waals surface area (Å²) in [4.78, 5) is 12.6. The number of amides is 1. The number of nitrogens with one attached hydrogen (secondary N) is 1. The molecule has 0 radical (unpaired) electrons. The maximum absolute atomic E-state index is 12.6. The number of aliphatic hydroxyl groups excluding tert-OH is 1. The van der Waals surface area contributed by atoms with E-state index >= 15 is 0 Å². The maximum Gasteiger partial charge on any atom is 0.240 e. The van der Waals surface area contributed by atoms with Crippen LogP contribution in [0, 0.1) is 5.41 Å². The quantitative estimate of drug-likeness (QED) is 0.657. The van der Waals surface area contributed by atoms with E-state index in [4.69, 9.17) is 15.2 Å². The van der Waals surface area contributed by atoms with Gasteiger partial charge in [0.2, 0.25) is 5.91 Å². The molecule has 0 aromatic heterocycles. The van der Waals surface area contributed by atoms with Crippen LogP contribution in [0.15, 0.2) is 24.3 Å². The fourth-order valence-corrected chi connectivity index (χ4v) is 3.35. The molecule has 0 spiro atoms. The summed E-state index contributed by atoms with van der Waals surface area (Å²) in [6.07, 6.45) is -0.325. The van der Waals surface area contributed by atoms with Gasteiger partial charge in [-0.1, -0.05) is 26.0 Å². The highest BCUT2D eigenvalue weighted by molar-refractivity contribution is 5.88. The van der Waals surface area contributed by atoms with Crippen molar-refractivity contribution in [3.05, 3.63) is 29.8 Å². The highest BCUT2D eigenvalue weighted by Gasteiger charge is 2.62. The smallest absolute Gasteiger partial charge is 0.240 e. The highest BCUT2D eigenvalue weighted by Crippen LogP contribution is 2.49. The standard InChI is InChI=1S/C20H32N2O4/c1-6-25-17-11-20(21,19(17,4)5)18(24)22-12-16(23)14-8-7-9-15(10-14)26-13(2)3/h7-10,13,16-17,23H,6,11-12,21H2,1-5H3,(H,22,24). The lowest BCUT2D eigenvalue weighted by Crippen LogP contribution is -2.75. The van der Waals surface area contributed by atoms with Crippen molar-refractivity contribution in [2.75, 3.05) is 13.2 Å². The van der Waals surface area contributed by atoms with Crippen LogP contribution in [0.2, 0.25) is 0 Å². The van der Waals surface area contributed by atoms with E-state index in [0.717, 1.165) is 0 Å². The zero-order valence-corrected chi connectivity index (χ0v) is 16.4. The molecule has 0 bridgehead atoms. The molecule has 26 heavy (non-hydrogen) atoms. The number of benzene rings is 1. The molecule has 0 saturated heterocycles. The Bertz CT molecular complexity index is 632. The third kappa shape index (κ3) is 4.03. The fourth-order valence-electron chi connectivity index (χ4n) is 3.35. The van der Waals surface area contributed by atoms with Gasteiger partial charge < -0.3 is 25.6 Å². The Balaban J connectivity index is 1.95. The van der Waals surface area contributed by atoms with Crippen molar-refractivity contribution >= 4 is 5.91 Å². The maximum atomic E-state index is 12.6. The summed E-state index contributed by atoms with van der Waals surface area (Å²) in [5.41, 5.74) is 5.60. The van der Waals surface area contributed by atoms with Crippen molar-refractivity contribution in [3.8, 4) is 5.75 Å². The molecule has 1 aromatic carbocycles. The number of carbonyl (C=O) groups is 1. The summed E-state index contributed by atoms with van der Waals surface area (Å²) in [6, 6.07) is 7.26. The average molecular weight is 364 g/mol. The van der Waals surface area contributed by atoms with E-state index in [-0.39, 0.29) is 24.7 Å². The van der Waals surface area contributed by atoms with E-state index < -0.39 is 17.1 Å². The first-order chi connectivity index (χ1) is 12.1. The Hall–Kier alpha value is -1.63. The normalized spacial score (nSPS) is 25.5. The van der Waals surface area contributed by atoms with Crippen molar-refractivity contribution in [1.82, 2.24) is 5.32 Å². The van der Waals surface area contributed by atoms with Gasteiger partial charge in [0.15, 0.2) is 0 Å². The van der Waals surface area contributed by atoms with Crippen molar-refractivity contribution < 1.29 is 19.4 Å². The van der Waals surface area contributed by atoms with Crippen LogP contribution in [0.25, 0.3) is 0 Å². The van der Waals surface area contributed by atoms with E-state index in [1.807, 2.05) is 46.8 Å². The van der Waals surface area contributed by atoms with E-state index in [0.29, 0.717) is 24.3 Å². The van der Waals surface area contributed by atoms with Crippen molar-refractivity contribution in [1.29, 1.82) is 0 Å². The molecule has 1 saturated carbocycles. The minimum Gasteiger partial charge on any atom is -0.491 e. The Morgan fingerprint density at radius 1 is 1.42 bits per heavy atom. The van der Waals surface area contributed by atoms with Gasteiger partial charge in [0.05, 0.1) is 18.3 Å². The molecule has 4 N–H and O–H groups in total. The zero-order chi connectivity index (χ0) is 19.5. The molecular formula is C20H32N2O4. The molecule has 3 atom stereocenters. The van der Waals surface area contributed by atoms with Crippen molar-refractivity contribution in [3.63, 3.8) is 0 Å². The summed E-state index contributed by atoms with van der Waals surface area (Å²) in [6.45, 7) is 10.4. The lowest BCUT2D eigenvalue weighted by Gasteiger charge is -2.57. The third-order valence-corrected chi connectivity index (χ3v) is 5.31. The second-order valence-electron chi connectivity index (χ2n) is 7.81. The van der Waals surface area contributed by atoms with Crippen LogP contribution in [-0.2, 0) is 9.53 Å². The molecule has 0 heterocycles. The van der Waals surface area contributed by atoms with Crippen LogP contribution >= 0.6 is 0 Å². The number of nitrogens with two attached hydrogens (primary N) is 1. The van der Waals surface area contributed by atoms with Gasteiger partial charge in [0.1, 0.15) is 11.3 Å². The highest BCUT2D eigenvalue weighted by atomic mass is 16.5. The summed E-state index contributed by atoms with van der Waals surface area (Å²) >= 11 is 0. The van der Waals surface area contributed by atoms with E-state index in [9.17, 15) is 9.90 Å². The van der Waals surface area contributed by atoms with E-state index in [2.05, 4.69) is 5.32 Å². The fraction of sp³-hybridized carbons (Fsp3) is 0.650. The van der Waals surface area contributed by atoms with Gasteiger partial charge in [0.25, 0.3) is 0 Å². The molecule has 3 unspecified atom stereocenters. The van der Waals surface area contributed by atoms with Crippen molar-refractivity contribution in [2.24, 2.45) is 11.1 Å². The summed E-state index contributed by atoms with van der Waals surface area (Å²) in [5, 5.41) is 13.2. The minimum absolute atomic E-state index is 0.0296. The summed E-state index contributed by atoms with van der Waals surface area (Å²) < 4.78 is 11.3. The molecule has 6 heteroatoms. The summed E-state index contributed by atoms with van der Waals surface area (Å²) in [7, 11) is 0. The van der Waals surface area contributed by atoms with Gasteiger partial charge in [-0.05, 0) is 38.5 Å². The van der Waals surface area contributed by atoms with E-state index in [1.54, 1.807) is 12.1 Å². The molecule has 1 aliphatic rings. The Morgan fingerprint density at radius 2 is 2.12 bits per heavy atom. The van der Waals surface area contributed by atoms with Crippen LogP contribution in [0.1, 0.15) is 52.7 Å². The Labute approximate surface area is 156 Å². The van der Waals surface area contributed by atoms with Gasteiger partial charge >= 0.3 is 0 Å². The molecular weight excluding hydrogens is 332 g/mol. The number of aliphatic hydroxyl groups is 1. The minimum atomic E-state index is -0.991. The number of hydrogen-bond acceptors (Lipinski definition) is 5. The van der Waals surface area contributed by atoms with Gasteiger partial charge in [-0.25, -0.2) is 0 Å². The van der Waals surface area contributed by atoms with Crippen LogP contribution in [0.5, 0.6) is 5.75 Å². The molecule has 0 aliphatic heterocycles. The molecule has 1 aromatic rings. The lowest BCUT2D eigenvalue weighted by molar-refractivity contribution is -0.170. The first-order valence-corrected chi connectivity index (χ1v) is 9.25. The topological polar surface area (TPSA) is 93.8 Å². The largest absolute Gasteiger partial charge is 0.491 e. The van der Waals surface area contributed by atoms with E-state index in [1.165, 1.54) is 0 Å². The Morgan fingerprint density at radius 3 is 2.69 bits per heavy atom. The molecule has 1 aliphatic carbocycles. The number of rotatable bonds is 8. The average Bonchev–Trinajstić information content (AvgIpc) is 2.58. The van der Waals surface area contributed by atoms with Crippen LogP contribution < -0.4 is 15.8 Å². The lowest BCUT2D eigenvalue weighted by atomic mass is 9.54. The zero-order valence-electron chi connectivity index (χ0n) is 16.4. The first kappa shape index (κ1) is 20.7.